The molecule has 5 heteroatoms. The van der Waals surface area contributed by atoms with Gasteiger partial charge >= 0.3 is 6.18 Å². The highest BCUT2D eigenvalue weighted by molar-refractivity contribution is 5.20. The number of benzene rings is 1. The second kappa shape index (κ2) is 6.39. The van der Waals surface area contributed by atoms with Crippen LogP contribution in [-0.4, -0.2) is 23.4 Å². The van der Waals surface area contributed by atoms with Gasteiger partial charge in [0.15, 0.2) is 0 Å². The Hall–Kier alpha value is -1.07. The summed E-state index contributed by atoms with van der Waals surface area (Å²) >= 11 is 0. The molecule has 0 aliphatic carbocycles. The number of halogens is 3. The smallest absolute Gasteiger partial charge is 0.389 e. The van der Waals surface area contributed by atoms with Crippen LogP contribution in [0.5, 0.6) is 0 Å². The van der Waals surface area contributed by atoms with E-state index in [9.17, 15) is 18.3 Å². The molecule has 1 rings (SSSR count). The molecular formula is C14H20F3NO. The molecule has 0 aromatic heterocycles. The van der Waals surface area contributed by atoms with Crippen molar-refractivity contribution in [3.8, 4) is 0 Å². The molecule has 1 aromatic carbocycles. The number of rotatable bonds is 6. The van der Waals surface area contributed by atoms with Crippen LogP contribution in [0, 0.1) is 0 Å². The van der Waals surface area contributed by atoms with E-state index in [1.54, 1.807) is 32.0 Å². The molecule has 0 aliphatic rings. The summed E-state index contributed by atoms with van der Waals surface area (Å²) in [6.07, 6.45) is -3.56. The van der Waals surface area contributed by atoms with Crippen LogP contribution in [0.25, 0.3) is 0 Å². The molecule has 19 heavy (non-hydrogen) atoms. The van der Waals surface area contributed by atoms with Crippen molar-refractivity contribution in [1.29, 1.82) is 0 Å². The number of hydrogen-bond acceptors (Lipinski definition) is 2. The Morgan fingerprint density at radius 1 is 1.11 bits per heavy atom. The van der Waals surface area contributed by atoms with E-state index in [0.717, 1.165) is 0 Å². The zero-order valence-electron chi connectivity index (χ0n) is 11.2. The summed E-state index contributed by atoms with van der Waals surface area (Å²) in [5, 5.41) is 12.5. The van der Waals surface area contributed by atoms with E-state index in [1.807, 2.05) is 0 Å². The van der Waals surface area contributed by atoms with Crippen molar-refractivity contribution in [2.45, 2.75) is 44.5 Å². The zero-order chi connectivity index (χ0) is 14.5. The second-order valence-electron chi connectivity index (χ2n) is 4.70. The maximum Gasteiger partial charge on any atom is 0.407 e. The quantitative estimate of drug-likeness (QED) is 0.833. The Kier molecular flexibility index (Phi) is 5.38. The second-order valence-corrected chi connectivity index (χ2v) is 4.70. The van der Waals surface area contributed by atoms with Gasteiger partial charge in [0.2, 0.25) is 0 Å². The highest BCUT2D eigenvalue weighted by atomic mass is 19.4. The molecule has 0 saturated heterocycles. The normalized spacial score (nSPS) is 14.4. The molecule has 0 heterocycles. The van der Waals surface area contributed by atoms with Gasteiger partial charge in [-0.1, -0.05) is 44.2 Å². The maximum atomic E-state index is 13.0. The molecule has 0 saturated carbocycles. The fraction of sp³-hybridized carbons (Fsp3) is 0.571. The van der Waals surface area contributed by atoms with Crippen LogP contribution in [-0.2, 0) is 0 Å². The van der Waals surface area contributed by atoms with Gasteiger partial charge in [-0.15, -0.1) is 0 Å². The molecule has 0 fully saturated rings. The first-order chi connectivity index (χ1) is 8.82. The predicted octanol–water partition coefficient (Wildman–Crippen LogP) is 3.43. The maximum absolute atomic E-state index is 13.0. The third-order valence-electron chi connectivity index (χ3n) is 3.41. The number of nitrogens with one attached hydrogen (secondary N) is 1. The van der Waals surface area contributed by atoms with E-state index in [0.29, 0.717) is 12.8 Å². The lowest BCUT2D eigenvalue weighted by Crippen LogP contribution is -2.44. The summed E-state index contributed by atoms with van der Waals surface area (Å²) in [6, 6.07) is 5.93. The van der Waals surface area contributed by atoms with E-state index < -0.39 is 17.8 Å². The average Bonchev–Trinajstić information content (AvgIpc) is 2.38. The zero-order valence-corrected chi connectivity index (χ0v) is 11.2. The molecule has 1 aromatic rings. The molecule has 1 unspecified atom stereocenters. The van der Waals surface area contributed by atoms with E-state index in [1.165, 1.54) is 12.1 Å². The first kappa shape index (κ1) is 16.0. The molecule has 0 bridgehead atoms. The van der Waals surface area contributed by atoms with Gasteiger partial charge in [0.05, 0.1) is 5.60 Å². The van der Waals surface area contributed by atoms with Crippen LogP contribution < -0.4 is 5.32 Å². The molecule has 108 valence electrons. The van der Waals surface area contributed by atoms with Crippen LogP contribution in [0.4, 0.5) is 13.2 Å². The van der Waals surface area contributed by atoms with Crippen molar-refractivity contribution in [3.05, 3.63) is 35.9 Å². The number of alkyl halides is 3. The minimum absolute atomic E-state index is 0.0843. The van der Waals surface area contributed by atoms with Crippen molar-refractivity contribution in [2.75, 3.05) is 6.54 Å². The lowest BCUT2D eigenvalue weighted by Gasteiger charge is -2.30. The molecule has 2 N–H and O–H groups in total. The molecule has 0 amide bonds. The average molecular weight is 275 g/mol. The monoisotopic (exact) mass is 275 g/mol. The Balaban J connectivity index is 2.84. The molecule has 0 spiro atoms. The minimum Gasteiger partial charge on any atom is -0.389 e. The van der Waals surface area contributed by atoms with Gasteiger partial charge in [-0.2, -0.15) is 13.2 Å². The van der Waals surface area contributed by atoms with Crippen LogP contribution in [0.15, 0.2) is 30.3 Å². The predicted molar refractivity (Wildman–Crippen MR) is 68.8 cm³/mol. The van der Waals surface area contributed by atoms with Crippen molar-refractivity contribution >= 4 is 0 Å². The van der Waals surface area contributed by atoms with Gasteiger partial charge in [0.1, 0.15) is 6.04 Å². The van der Waals surface area contributed by atoms with Gasteiger partial charge in [0, 0.05) is 6.54 Å². The van der Waals surface area contributed by atoms with Crippen LogP contribution in [0.2, 0.25) is 0 Å². The third kappa shape index (κ3) is 4.51. The molecular weight excluding hydrogens is 255 g/mol. The lowest BCUT2D eigenvalue weighted by molar-refractivity contribution is -0.160. The van der Waals surface area contributed by atoms with Crippen LogP contribution in [0.1, 0.15) is 38.3 Å². The summed E-state index contributed by atoms with van der Waals surface area (Å²) in [5.74, 6) is 0. The SMILES string of the molecule is CCC(O)(CC)CNC(c1ccccc1)C(F)(F)F. The van der Waals surface area contributed by atoms with Gasteiger partial charge < -0.3 is 5.11 Å². The Labute approximate surface area is 111 Å². The van der Waals surface area contributed by atoms with Crippen molar-refractivity contribution in [2.24, 2.45) is 0 Å². The van der Waals surface area contributed by atoms with Crippen molar-refractivity contribution < 1.29 is 18.3 Å². The lowest BCUT2D eigenvalue weighted by atomic mass is 9.96. The fourth-order valence-electron chi connectivity index (χ4n) is 1.86. The first-order valence-electron chi connectivity index (χ1n) is 6.40. The topological polar surface area (TPSA) is 32.3 Å². The number of hydrogen-bond donors (Lipinski definition) is 2. The summed E-state index contributed by atoms with van der Waals surface area (Å²) in [7, 11) is 0. The first-order valence-corrected chi connectivity index (χ1v) is 6.40. The van der Waals surface area contributed by atoms with E-state index in [4.69, 9.17) is 0 Å². The van der Waals surface area contributed by atoms with E-state index in [2.05, 4.69) is 5.32 Å². The molecule has 0 aliphatic heterocycles. The third-order valence-corrected chi connectivity index (χ3v) is 3.41. The Morgan fingerprint density at radius 2 is 1.63 bits per heavy atom. The van der Waals surface area contributed by atoms with Crippen molar-refractivity contribution in [1.82, 2.24) is 5.32 Å². The largest absolute Gasteiger partial charge is 0.407 e. The minimum atomic E-state index is -4.39. The standard InChI is InChI=1S/C14H20F3NO/c1-3-13(19,4-2)10-18-12(14(15,16)17)11-8-6-5-7-9-11/h5-9,12,18-19H,3-4,10H2,1-2H3. The van der Waals surface area contributed by atoms with Gasteiger partial charge in [-0.25, -0.2) is 0 Å². The summed E-state index contributed by atoms with van der Waals surface area (Å²) in [4.78, 5) is 0. The molecule has 2 nitrogen and oxygen atoms in total. The molecule has 0 radical (unpaired) electrons. The highest BCUT2D eigenvalue weighted by Crippen LogP contribution is 2.33. The highest BCUT2D eigenvalue weighted by Gasteiger charge is 2.41. The Bertz CT molecular complexity index is 374. The van der Waals surface area contributed by atoms with E-state index in [-0.39, 0.29) is 12.1 Å². The van der Waals surface area contributed by atoms with Crippen LogP contribution >= 0.6 is 0 Å². The number of aliphatic hydroxyl groups is 1. The summed E-state index contributed by atoms with van der Waals surface area (Å²) in [5.41, 5.74) is -0.942. The molecule has 1 atom stereocenters. The van der Waals surface area contributed by atoms with Gasteiger partial charge in [0.25, 0.3) is 0 Å². The fourth-order valence-corrected chi connectivity index (χ4v) is 1.86. The van der Waals surface area contributed by atoms with E-state index >= 15 is 0 Å². The summed E-state index contributed by atoms with van der Waals surface area (Å²) in [6.45, 7) is 3.44. The van der Waals surface area contributed by atoms with Gasteiger partial charge in [-0.3, -0.25) is 5.32 Å². The van der Waals surface area contributed by atoms with Crippen molar-refractivity contribution in [3.63, 3.8) is 0 Å². The Morgan fingerprint density at radius 3 is 2.05 bits per heavy atom. The van der Waals surface area contributed by atoms with Gasteiger partial charge in [-0.05, 0) is 18.4 Å². The summed E-state index contributed by atoms with van der Waals surface area (Å²) < 4.78 is 39.1. The van der Waals surface area contributed by atoms with Crippen LogP contribution in [0.3, 0.4) is 0 Å².